The van der Waals surface area contributed by atoms with Crippen molar-refractivity contribution >= 4 is 18.3 Å². The Kier molecular flexibility index (Phi) is 5.76. The maximum Gasteiger partial charge on any atom is 0.222 e. The Morgan fingerprint density at radius 3 is 2.58 bits per heavy atom. The number of amides is 1. The van der Waals surface area contributed by atoms with Gasteiger partial charge in [-0.1, -0.05) is 12.8 Å². The number of likely N-dealkylation sites (tertiary alicyclic amines) is 1. The molecule has 24 heavy (non-hydrogen) atoms. The fraction of sp³-hybridized carbons (Fsp3) is 0.824. The molecule has 0 atom stereocenters. The summed E-state index contributed by atoms with van der Waals surface area (Å²) in [5.74, 6) is 3.69. The molecule has 0 aromatic carbocycles. The van der Waals surface area contributed by atoms with Crippen LogP contribution in [0.4, 0.5) is 0 Å². The lowest BCUT2D eigenvalue weighted by Crippen LogP contribution is -2.39. The SMILES string of the molecule is Cl.O=C(CC1CCCC1)N1CCC(c2nnc3n2CCNC3)CC1. The smallest absolute Gasteiger partial charge is 0.222 e. The van der Waals surface area contributed by atoms with Gasteiger partial charge in [0.05, 0.1) is 6.54 Å². The first-order valence-corrected chi connectivity index (χ1v) is 9.21. The van der Waals surface area contributed by atoms with Crippen LogP contribution in [0.1, 0.15) is 62.5 Å². The molecule has 4 rings (SSSR count). The Morgan fingerprint density at radius 2 is 1.83 bits per heavy atom. The van der Waals surface area contributed by atoms with Crippen molar-refractivity contribution in [3.63, 3.8) is 0 Å². The maximum absolute atomic E-state index is 12.5. The fourth-order valence-electron chi connectivity index (χ4n) is 4.39. The van der Waals surface area contributed by atoms with Gasteiger partial charge in [-0.05, 0) is 31.6 Å². The van der Waals surface area contributed by atoms with E-state index < -0.39 is 0 Å². The van der Waals surface area contributed by atoms with E-state index in [1.54, 1.807) is 0 Å². The summed E-state index contributed by atoms with van der Waals surface area (Å²) in [5.41, 5.74) is 0. The summed E-state index contributed by atoms with van der Waals surface area (Å²) in [6.07, 6.45) is 7.96. The molecule has 3 aliphatic rings. The molecule has 2 aliphatic heterocycles. The summed E-state index contributed by atoms with van der Waals surface area (Å²) in [4.78, 5) is 14.6. The average Bonchev–Trinajstić information content (AvgIpc) is 3.24. The van der Waals surface area contributed by atoms with E-state index in [-0.39, 0.29) is 12.4 Å². The molecule has 3 heterocycles. The molecule has 1 saturated carbocycles. The second kappa shape index (κ2) is 7.83. The number of fused-ring (bicyclic) bond motifs is 1. The van der Waals surface area contributed by atoms with Crippen LogP contribution in [0.3, 0.4) is 0 Å². The standard InChI is InChI=1S/C17H27N5O.ClH/c23-16(11-13-3-1-2-4-13)21-8-5-14(6-9-21)17-20-19-15-12-18-7-10-22(15)17;/h13-14,18H,1-12H2;1H. The molecule has 1 aromatic heterocycles. The van der Waals surface area contributed by atoms with Crippen molar-refractivity contribution < 1.29 is 4.79 Å². The van der Waals surface area contributed by atoms with Gasteiger partial charge in [0, 0.05) is 38.5 Å². The number of nitrogens with zero attached hydrogens (tertiary/aromatic N) is 4. The normalized spacial score (nSPS) is 22.2. The van der Waals surface area contributed by atoms with E-state index in [4.69, 9.17) is 0 Å². The number of carbonyl (C=O) groups excluding carboxylic acids is 1. The van der Waals surface area contributed by atoms with Crippen LogP contribution in [0.5, 0.6) is 0 Å². The molecule has 1 aromatic rings. The van der Waals surface area contributed by atoms with E-state index in [2.05, 4.69) is 25.0 Å². The van der Waals surface area contributed by atoms with E-state index in [1.165, 1.54) is 25.7 Å². The number of hydrogen-bond donors (Lipinski definition) is 1. The molecule has 6 nitrogen and oxygen atoms in total. The molecule has 1 N–H and O–H groups in total. The van der Waals surface area contributed by atoms with Crippen LogP contribution < -0.4 is 5.32 Å². The van der Waals surface area contributed by atoms with Crippen molar-refractivity contribution in [2.45, 2.75) is 64.0 Å². The summed E-state index contributed by atoms with van der Waals surface area (Å²) >= 11 is 0. The summed E-state index contributed by atoms with van der Waals surface area (Å²) in [5, 5.41) is 12.1. The van der Waals surface area contributed by atoms with Crippen molar-refractivity contribution in [3.8, 4) is 0 Å². The van der Waals surface area contributed by atoms with Gasteiger partial charge in [0.2, 0.25) is 5.91 Å². The van der Waals surface area contributed by atoms with E-state index in [1.807, 2.05) is 0 Å². The largest absolute Gasteiger partial charge is 0.343 e. The first-order chi connectivity index (χ1) is 11.3. The van der Waals surface area contributed by atoms with Crippen LogP contribution in [0.2, 0.25) is 0 Å². The summed E-state index contributed by atoms with van der Waals surface area (Å²) in [6.45, 7) is 4.56. The topological polar surface area (TPSA) is 63.1 Å². The van der Waals surface area contributed by atoms with Crippen molar-refractivity contribution in [1.82, 2.24) is 25.0 Å². The molecule has 1 amide bonds. The van der Waals surface area contributed by atoms with E-state index >= 15 is 0 Å². The van der Waals surface area contributed by atoms with Crippen molar-refractivity contribution in [2.75, 3.05) is 19.6 Å². The molecule has 0 bridgehead atoms. The fourth-order valence-corrected chi connectivity index (χ4v) is 4.39. The zero-order valence-electron chi connectivity index (χ0n) is 14.2. The van der Waals surface area contributed by atoms with Crippen LogP contribution in [0.15, 0.2) is 0 Å². The number of piperidine rings is 1. The van der Waals surface area contributed by atoms with Gasteiger partial charge in [-0.15, -0.1) is 22.6 Å². The third-order valence-corrected chi connectivity index (χ3v) is 5.80. The monoisotopic (exact) mass is 353 g/mol. The lowest BCUT2D eigenvalue weighted by atomic mass is 9.94. The zero-order valence-corrected chi connectivity index (χ0v) is 15.1. The van der Waals surface area contributed by atoms with Gasteiger partial charge in [-0.2, -0.15) is 0 Å². The second-order valence-electron chi connectivity index (χ2n) is 7.31. The van der Waals surface area contributed by atoms with Crippen LogP contribution in [0.25, 0.3) is 0 Å². The minimum Gasteiger partial charge on any atom is -0.343 e. The average molecular weight is 354 g/mol. The number of halogens is 1. The van der Waals surface area contributed by atoms with E-state index in [0.717, 1.165) is 63.6 Å². The molecular formula is C17H28ClN5O. The van der Waals surface area contributed by atoms with E-state index in [9.17, 15) is 4.79 Å². The van der Waals surface area contributed by atoms with Gasteiger partial charge in [0.15, 0.2) is 0 Å². The van der Waals surface area contributed by atoms with Gasteiger partial charge in [0.1, 0.15) is 11.6 Å². The molecule has 0 radical (unpaired) electrons. The van der Waals surface area contributed by atoms with Crippen LogP contribution in [-0.2, 0) is 17.9 Å². The van der Waals surface area contributed by atoms with Gasteiger partial charge in [-0.25, -0.2) is 0 Å². The molecule has 2 fully saturated rings. The Hall–Kier alpha value is -1.14. The van der Waals surface area contributed by atoms with E-state index in [0.29, 0.717) is 17.7 Å². The Bertz CT molecular complexity index is 561. The highest BCUT2D eigenvalue weighted by Crippen LogP contribution is 2.31. The predicted molar refractivity (Wildman–Crippen MR) is 94.1 cm³/mol. The first-order valence-electron chi connectivity index (χ1n) is 9.21. The second-order valence-corrected chi connectivity index (χ2v) is 7.31. The van der Waals surface area contributed by atoms with Gasteiger partial charge < -0.3 is 14.8 Å². The van der Waals surface area contributed by atoms with Crippen molar-refractivity contribution in [1.29, 1.82) is 0 Å². The summed E-state index contributed by atoms with van der Waals surface area (Å²) in [7, 11) is 0. The Labute approximate surface area is 149 Å². The molecule has 7 heteroatoms. The predicted octanol–water partition coefficient (Wildman–Crippen LogP) is 2.09. The number of hydrogen-bond acceptors (Lipinski definition) is 4. The van der Waals surface area contributed by atoms with Gasteiger partial charge in [-0.3, -0.25) is 4.79 Å². The minimum absolute atomic E-state index is 0. The number of nitrogens with one attached hydrogen (secondary N) is 1. The minimum atomic E-state index is 0. The van der Waals surface area contributed by atoms with Crippen LogP contribution in [-0.4, -0.2) is 45.2 Å². The quantitative estimate of drug-likeness (QED) is 0.903. The lowest BCUT2D eigenvalue weighted by Gasteiger charge is -2.32. The number of rotatable bonds is 3. The highest BCUT2D eigenvalue weighted by molar-refractivity contribution is 5.85. The third kappa shape index (κ3) is 3.59. The van der Waals surface area contributed by atoms with Crippen LogP contribution in [0, 0.1) is 5.92 Å². The highest BCUT2D eigenvalue weighted by Gasteiger charge is 2.29. The Balaban J connectivity index is 0.00000169. The number of carbonyl (C=O) groups is 1. The highest BCUT2D eigenvalue weighted by atomic mass is 35.5. The van der Waals surface area contributed by atoms with Gasteiger partial charge in [0.25, 0.3) is 0 Å². The van der Waals surface area contributed by atoms with Crippen molar-refractivity contribution in [2.24, 2.45) is 5.92 Å². The lowest BCUT2D eigenvalue weighted by molar-refractivity contribution is -0.133. The summed E-state index contributed by atoms with van der Waals surface area (Å²) < 4.78 is 2.29. The summed E-state index contributed by atoms with van der Waals surface area (Å²) in [6, 6.07) is 0. The third-order valence-electron chi connectivity index (χ3n) is 5.80. The van der Waals surface area contributed by atoms with Crippen molar-refractivity contribution in [3.05, 3.63) is 11.6 Å². The molecule has 0 unspecified atom stereocenters. The number of aromatic nitrogens is 3. The molecule has 0 spiro atoms. The molecule has 1 saturated heterocycles. The molecule has 1 aliphatic carbocycles. The zero-order chi connectivity index (χ0) is 15.6. The van der Waals surface area contributed by atoms with Crippen LogP contribution >= 0.6 is 12.4 Å². The molecule has 134 valence electrons. The Morgan fingerprint density at radius 1 is 1.08 bits per heavy atom. The maximum atomic E-state index is 12.5. The molecular weight excluding hydrogens is 326 g/mol. The first kappa shape index (κ1) is 17.7. The van der Waals surface area contributed by atoms with Gasteiger partial charge >= 0.3 is 0 Å².